The molecule has 0 N–H and O–H groups in total. The predicted molar refractivity (Wildman–Crippen MR) is 42.5 cm³/mol. The third-order valence-corrected chi connectivity index (χ3v) is 7.20. The Morgan fingerprint density at radius 1 is 0.800 bits per heavy atom. The Morgan fingerprint density at radius 3 is 1.20 bits per heavy atom. The fraction of sp³-hybridized carbons (Fsp3) is 0.500. The molecule has 1 aliphatic rings. The molecule has 1 aliphatic heterocycles. The summed E-state index contributed by atoms with van der Waals surface area (Å²) in [6, 6.07) is 0. The molecule has 0 unspecified atom stereocenters. The molecule has 0 spiro atoms. The van der Waals surface area contributed by atoms with Crippen LogP contribution < -0.4 is 0 Å². The van der Waals surface area contributed by atoms with Crippen molar-refractivity contribution in [2.45, 2.75) is 27.7 Å². The van der Waals surface area contributed by atoms with Gasteiger partial charge in [-0.3, -0.25) is 0 Å². The van der Waals surface area contributed by atoms with Gasteiger partial charge in [0.25, 0.3) is 0 Å². The zero-order valence-corrected chi connectivity index (χ0v) is 12.9. The van der Waals surface area contributed by atoms with Crippen molar-refractivity contribution in [2.75, 3.05) is 0 Å². The zero-order chi connectivity index (χ0) is 7.02. The molecule has 0 nitrogen and oxygen atoms in total. The van der Waals surface area contributed by atoms with Gasteiger partial charge in [0.2, 0.25) is 0 Å². The van der Waals surface area contributed by atoms with E-state index in [1.54, 1.807) is 17.7 Å². The van der Waals surface area contributed by atoms with Crippen LogP contribution in [0.4, 0.5) is 0 Å². The van der Waals surface area contributed by atoms with Gasteiger partial charge in [0, 0.05) is 26.2 Å². The average molecular weight is 408 g/mol. The van der Waals surface area contributed by atoms with Crippen molar-refractivity contribution >= 4 is 23.2 Å². The van der Waals surface area contributed by atoms with Gasteiger partial charge in [-0.05, 0) is 0 Å². The molecule has 0 aromatic carbocycles. The third kappa shape index (κ3) is 2.11. The van der Waals surface area contributed by atoms with Crippen LogP contribution in [0.2, 0.25) is 0 Å². The first kappa shape index (κ1) is 11.2. The first-order valence-corrected chi connectivity index (χ1v) is 6.67. The van der Waals surface area contributed by atoms with Crippen LogP contribution in [0.25, 0.3) is 0 Å². The van der Waals surface area contributed by atoms with E-state index in [0.29, 0.717) is 0 Å². The molecule has 0 atom stereocenters. The van der Waals surface area contributed by atoms with Gasteiger partial charge in [0.15, 0.2) is 0 Å². The van der Waals surface area contributed by atoms with Crippen molar-refractivity contribution in [3.8, 4) is 0 Å². The summed E-state index contributed by atoms with van der Waals surface area (Å²) in [6.07, 6.45) is 0. The molecule has 0 amide bonds. The Morgan fingerprint density at radius 2 is 1.10 bits per heavy atom. The molecule has 0 aromatic rings. The summed E-state index contributed by atoms with van der Waals surface area (Å²) in [6.45, 7) is 9.10. The smallest absolute Gasteiger partial charge is 0 e. The van der Waals surface area contributed by atoms with Gasteiger partial charge in [0.05, 0.1) is 0 Å². The molecule has 53 valence electrons. The van der Waals surface area contributed by atoms with Gasteiger partial charge in [-0.1, -0.05) is 0 Å². The van der Waals surface area contributed by atoms with E-state index in [1.165, 1.54) is 0 Å². The second kappa shape index (κ2) is 4.32. The van der Waals surface area contributed by atoms with Crippen LogP contribution >= 0.6 is 0 Å². The molecule has 2 heteroatoms. The van der Waals surface area contributed by atoms with Crippen LogP contribution in [-0.4, -0.2) is 23.2 Å². The van der Waals surface area contributed by atoms with Gasteiger partial charge in [-0.2, -0.15) is 0 Å². The third-order valence-electron chi connectivity index (χ3n) is 1.98. The van der Waals surface area contributed by atoms with Crippen LogP contribution in [0.5, 0.6) is 0 Å². The van der Waals surface area contributed by atoms with E-state index in [-0.39, 0.29) is 49.4 Å². The quantitative estimate of drug-likeness (QED) is 0.540. The second-order valence-electron chi connectivity index (χ2n) is 2.53. The van der Waals surface area contributed by atoms with Gasteiger partial charge in [-0.25, -0.2) is 0 Å². The van der Waals surface area contributed by atoms with Crippen LogP contribution in [0, 0.1) is 0 Å². The summed E-state index contributed by atoms with van der Waals surface area (Å²) in [5.41, 5.74) is 3.17. The van der Waals surface area contributed by atoms with E-state index in [1.807, 2.05) is 0 Å². The average Bonchev–Trinajstić information content (AvgIpc) is 1.98. The SMILES string of the molecule is C[C]1=C(C)C(C)=[C](C)[Bi]1.[Zr]. The van der Waals surface area contributed by atoms with Crippen molar-refractivity contribution in [2.24, 2.45) is 0 Å². The first-order chi connectivity index (χ1) is 4.13. The summed E-state index contributed by atoms with van der Waals surface area (Å²) in [5, 5.41) is 0. The van der Waals surface area contributed by atoms with E-state index in [0.717, 1.165) is 0 Å². The minimum Gasteiger partial charge on any atom is 0 e. The summed E-state index contributed by atoms with van der Waals surface area (Å²) >= 11 is -0.289. The van der Waals surface area contributed by atoms with Crippen LogP contribution in [0.3, 0.4) is 0 Å². The van der Waals surface area contributed by atoms with Gasteiger partial charge in [-0.15, -0.1) is 0 Å². The molecule has 0 fully saturated rings. The number of allylic oxidation sites excluding steroid dienone is 4. The van der Waals surface area contributed by atoms with E-state index in [2.05, 4.69) is 27.7 Å². The maximum Gasteiger partial charge on any atom is 0 e. The second-order valence-corrected chi connectivity index (χ2v) is 8.62. The summed E-state index contributed by atoms with van der Waals surface area (Å²) in [5.74, 6) is 0. The summed E-state index contributed by atoms with van der Waals surface area (Å²) < 4.78 is 3.45. The van der Waals surface area contributed by atoms with Crippen LogP contribution in [-0.2, 0) is 26.2 Å². The Balaban J connectivity index is 0.000000810. The van der Waals surface area contributed by atoms with Crippen molar-refractivity contribution in [3.63, 3.8) is 0 Å². The monoisotopic (exact) mass is 407 g/mol. The minimum absolute atomic E-state index is 0. The molecule has 0 saturated carbocycles. The van der Waals surface area contributed by atoms with E-state index < -0.39 is 0 Å². The van der Waals surface area contributed by atoms with Crippen molar-refractivity contribution in [1.82, 2.24) is 0 Å². The van der Waals surface area contributed by atoms with Crippen molar-refractivity contribution in [1.29, 1.82) is 0 Å². The van der Waals surface area contributed by atoms with E-state index >= 15 is 0 Å². The van der Waals surface area contributed by atoms with Gasteiger partial charge >= 0.3 is 68.6 Å². The Kier molecular flexibility index (Phi) is 4.85. The number of hydrogen-bond acceptors (Lipinski definition) is 0. The normalized spacial score (nSPS) is 18.0. The van der Waals surface area contributed by atoms with Gasteiger partial charge < -0.3 is 0 Å². The standard InChI is InChI=1S/C8H12.Bi.Zr/c1-5-7(3)8(4)6-2;;/h1-4H3;;. The van der Waals surface area contributed by atoms with E-state index in [4.69, 9.17) is 0 Å². The molecule has 10 heavy (non-hydrogen) atoms. The molecule has 0 aliphatic carbocycles. The summed E-state index contributed by atoms with van der Waals surface area (Å²) in [7, 11) is 0. The Hall–Kier alpha value is 1.25. The topological polar surface area (TPSA) is 0 Å². The molecular formula is C8H12BiZr. The van der Waals surface area contributed by atoms with Crippen LogP contribution in [0.15, 0.2) is 17.7 Å². The Bertz CT molecular complexity index is 179. The van der Waals surface area contributed by atoms with Crippen molar-refractivity contribution < 1.29 is 26.2 Å². The van der Waals surface area contributed by atoms with Crippen LogP contribution in [0.1, 0.15) is 27.7 Å². The number of hydrogen-bond donors (Lipinski definition) is 0. The largest absolute Gasteiger partial charge is 0 e. The molecule has 1 heterocycles. The maximum absolute atomic E-state index is 2.30. The molecule has 0 aromatic heterocycles. The number of rotatable bonds is 0. The van der Waals surface area contributed by atoms with Gasteiger partial charge in [0.1, 0.15) is 0 Å². The Labute approximate surface area is 93.9 Å². The predicted octanol–water partition coefficient (Wildman–Crippen LogP) is 2.29. The van der Waals surface area contributed by atoms with E-state index in [9.17, 15) is 0 Å². The maximum atomic E-state index is 2.30. The first-order valence-electron chi connectivity index (χ1n) is 3.20. The molecule has 0 saturated heterocycles. The molecule has 1 radical (unpaired) electrons. The fourth-order valence-electron chi connectivity index (χ4n) is 0.962. The fourth-order valence-corrected chi connectivity index (χ4v) is 5.53. The van der Waals surface area contributed by atoms with Crippen molar-refractivity contribution in [3.05, 3.63) is 17.7 Å². The molecule has 0 bridgehead atoms. The minimum atomic E-state index is -0.289. The molecular weight excluding hydrogens is 396 g/mol. The molecule has 1 rings (SSSR count). The zero-order valence-electron chi connectivity index (χ0n) is 6.95. The summed E-state index contributed by atoms with van der Waals surface area (Å²) in [4.78, 5) is 0.